The van der Waals surface area contributed by atoms with Crippen LogP contribution in [0.1, 0.15) is 35.0 Å². The Bertz CT molecular complexity index is 1080. The molecule has 3 rings (SSSR count). The molecule has 0 saturated carbocycles. The minimum absolute atomic E-state index is 0.0227. The lowest BCUT2D eigenvalue weighted by Gasteiger charge is -2.14. The zero-order valence-electron chi connectivity index (χ0n) is 17.7. The van der Waals surface area contributed by atoms with E-state index in [-0.39, 0.29) is 23.9 Å². The lowest BCUT2D eigenvalue weighted by Crippen LogP contribution is -2.17. The maximum atomic E-state index is 14.2. The predicted octanol–water partition coefficient (Wildman–Crippen LogP) is 5.20. The van der Waals surface area contributed by atoms with Crippen LogP contribution in [0.2, 0.25) is 0 Å². The Labute approximate surface area is 180 Å². The number of hydrogen-bond acceptors (Lipinski definition) is 4. The Balaban J connectivity index is 1.61. The van der Waals surface area contributed by atoms with Gasteiger partial charge in [-0.2, -0.15) is 0 Å². The van der Waals surface area contributed by atoms with Crippen molar-refractivity contribution in [1.29, 1.82) is 0 Å². The van der Waals surface area contributed by atoms with Gasteiger partial charge >= 0.3 is 0 Å². The summed E-state index contributed by atoms with van der Waals surface area (Å²) in [6, 6.07) is 13.3. The number of anilines is 2. The summed E-state index contributed by atoms with van der Waals surface area (Å²) in [4.78, 5) is 24.8. The molecule has 0 aliphatic rings. The number of hydrogen-bond donors (Lipinski definition) is 2. The van der Waals surface area contributed by atoms with Crippen molar-refractivity contribution in [3.05, 3.63) is 77.5 Å². The maximum Gasteiger partial charge on any atom is 0.259 e. The molecule has 2 aromatic carbocycles. The quantitative estimate of drug-likeness (QED) is 0.521. The first-order valence-corrected chi connectivity index (χ1v) is 9.94. The molecule has 0 bridgehead atoms. The molecular weight excluding hydrogens is 399 g/mol. The number of para-hydroxylation sites is 1. The SMILES string of the molecule is COc1ccccc1CC(C)CC(=O)Nc1ccc(F)c(NC(=O)c2ccoc2C)c1. The number of benzene rings is 2. The number of methoxy groups -OCH3 is 1. The number of halogens is 1. The molecular formula is C24H25FN2O4. The highest BCUT2D eigenvalue weighted by Gasteiger charge is 2.16. The lowest BCUT2D eigenvalue weighted by atomic mass is 9.97. The summed E-state index contributed by atoms with van der Waals surface area (Å²) in [5.74, 6) is 0.0148. The molecule has 2 N–H and O–H groups in total. The van der Waals surface area contributed by atoms with Crippen LogP contribution in [0.4, 0.5) is 15.8 Å². The highest BCUT2D eigenvalue weighted by atomic mass is 19.1. The summed E-state index contributed by atoms with van der Waals surface area (Å²) in [5.41, 5.74) is 1.73. The standard InChI is InChI=1S/C24H25FN2O4/c1-15(12-17-6-4-5-7-22(17)30-3)13-23(28)26-18-8-9-20(25)21(14-18)27-24(29)19-10-11-31-16(19)2/h4-11,14-15H,12-13H2,1-3H3,(H,26,28)(H,27,29). The first-order chi connectivity index (χ1) is 14.9. The van der Waals surface area contributed by atoms with Gasteiger partial charge in [0, 0.05) is 12.1 Å². The molecule has 6 nitrogen and oxygen atoms in total. The highest BCUT2D eigenvalue weighted by molar-refractivity contribution is 6.05. The van der Waals surface area contributed by atoms with Crippen LogP contribution in [0, 0.1) is 18.7 Å². The molecule has 31 heavy (non-hydrogen) atoms. The van der Waals surface area contributed by atoms with Gasteiger partial charge in [0.1, 0.15) is 17.3 Å². The maximum absolute atomic E-state index is 14.2. The van der Waals surface area contributed by atoms with E-state index in [1.54, 1.807) is 14.0 Å². The molecule has 0 fully saturated rings. The number of ether oxygens (including phenoxy) is 1. The molecule has 0 spiro atoms. The summed E-state index contributed by atoms with van der Waals surface area (Å²) >= 11 is 0. The van der Waals surface area contributed by atoms with Gasteiger partial charge in [0.25, 0.3) is 5.91 Å². The number of carbonyl (C=O) groups excluding carboxylic acids is 2. The van der Waals surface area contributed by atoms with Crippen LogP contribution < -0.4 is 15.4 Å². The van der Waals surface area contributed by atoms with E-state index >= 15 is 0 Å². The Morgan fingerprint density at radius 1 is 1.13 bits per heavy atom. The Kier molecular flexibility index (Phi) is 7.07. The number of aryl methyl sites for hydroxylation is 1. The van der Waals surface area contributed by atoms with Gasteiger partial charge in [-0.25, -0.2) is 4.39 Å². The van der Waals surface area contributed by atoms with Gasteiger partial charge in [-0.1, -0.05) is 25.1 Å². The molecule has 1 aromatic heterocycles. The van der Waals surface area contributed by atoms with Crippen LogP contribution in [-0.2, 0) is 11.2 Å². The first kappa shape index (κ1) is 22.1. The van der Waals surface area contributed by atoms with E-state index in [2.05, 4.69) is 10.6 Å². The van der Waals surface area contributed by atoms with Crippen LogP contribution in [-0.4, -0.2) is 18.9 Å². The topological polar surface area (TPSA) is 80.6 Å². The fourth-order valence-corrected chi connectivity index (χ4v) is 3.36. The van der Waals surface area contributed by atoms with Crippen molar-refractivity contribution >= 4 is 23.2 Å². The molecule has 1 unspecified atom stereocenters. The third-order valence-corrected chi connectivity index (χ3v) is 4.90. The van der Waals surface area contributed by atoms with Gasteiger partial charge < -0.3 is 19.8 Å². The summed E-state index contributed by atoms with van der Waals surface area (Å²) in [5, 5.41) is 5.28. The summed E-state index contributed by atoms with van der Waals surface area (Å²) < 4.78 is 24.6. The number of furan rings is 1. The zero-order chi connectivity index (χ0) is 22.4. The van der Waals surface area contributed by atoms with E-state index in [0.717, 1.165) is 11.3 Å². The molecule has 0 radical (unpaired) electrons. The molecule has 0 aliphatic carbocycles. The highest BCUT2D eigenvalue weighted by Crippen LogP contribution is 2.24. The fraction of sp³-hybridized carbons (Fsp3) is 0.250. The molecule has 1 atom stereocenters. The van der Waals surface area contributed by atoms with Crippen molar-refractivity contribution in [2.45, 2.75) is 26.7 Å². The molecule has 3 aromatic rings. The van der Waals surface area contributed by atoms with E-state index in [9.17, 15) is 14.0 Å². The summed E-state index contributed by atoms with van der Waals surface area (Å²) in [6.07, 6.45) is 2.36. The smallest absolute Gasteiger partial charge is 0.259 e. The normalized spacial score (nSPS) is 11.6. The molecule has 1 heterocycles. The van der Waals surface area contributed by atoms with Gasteiger partial charge in [0.15, 0.2) is 0 Å². The van der Waals surface area contributed by atoms with Crippen LogP contribution in [0.15, 0.2) is 59.2 Å². The zero-order valence-corrected chi connectivity index (χ0v) is 17.7. The van der Waals surface area contributed by atoms with Crippen LogP contribution >= 0.6 is 0 Å². The Morgan fingerprint density at radius 2 is 1.90 bits per heavy atom. The van der Waals surface area contributed by atoms with Crippen LogP contribution in [0.3, 0.4) is 0 Å². The van der Waals surface area contributed by atoms with E-state index in [1.165, 1.54) is 30.5 Å². The first-order valence-electron chi connectivity index (χ1n) is 9.94. The molecule has 0 saturated heterocycles. The predicted molar refractivity (Wildman–Crippen MR) is 117 cm³/mol. The molecule has 162 valence electrons. The molecule has 7 heteroatoms. The van der Waals surface area contributed by atoms with Crippen molar-refractivity contribution in [3.63, 3.8) is 0 Å². The van der Waals surface area contributed by atoms with Crippen molar-refractivity contribution in [1.82, 2.24) is 0 Å². The van der Waals surface area contributed by atoms with E-state index < -0.39 is 11.7 Å². The van der Waals surface area contributed by atoms with Gasteiger partial charge in [0.2, 0.25) is 5.91 Å². The third-order valence-electron chi connectivity index (χ3n) is 4.90. The number of nitrogens with one attached hydrogen (secondary N) is 2. The minimum Gasteiger partial charge on any atom is -0.496 e. The van der Waals surface area contributed by atoms with Crippen molar-refractivity contribution in [3.8, 4) is 5.75 Å². The fourth-order valence-electron chi connectivity index (χ4n) is 3.36. The Hall–Kier alpha value is -3.61. The van der Waals surface area contributed by atoms with E-state index in [0.29, 0.717) is 23.4 Å². The van der Waals surface area contributed by atoms with Crippen molar-refractivity contribution < 1.29 is 23.1 Å². The Morgan fingerprint density at radius 3 is 2.61 bits per heavy atom. The van der Waals surface area contributed by atoms with E-state index in [4.69, 9.17) is 9.15 Å². The largest absolute Gasteiger partial charge is 0.496 e. The average Bonchev–Trinajstić information content (AvgIpc) is 3.16. The number of amides is 2. The van der Waals surface area contributed by atoms with Crippen molar-refractivity contribution in [2.75, 3.05) is 17.7 Å². The van der Waals surface area contributed by atoms with Crippen LogP contribution in [0.25, 0.3) is 0 Å². The number of carbonyl (C=O) groups is 2. The van der Waals surface area contributed by atoms with Crippen LogP contribution in [0.5, 0.6) is 5.75 Å². The second-order valence-corrected chi connectivity index (χ2v) is 7.41. The summed E-state index contributed by atoms with van der Waals surface area (Å²) in [6.45, 7) is 3.63. The minimum atomic E-state index is -0.600. The second kappa shape index (κ2) is 9.93. The van der Waals surface area contributed by atoms with Crippen molar-refractivity contribution in [2.24, 2.45) is 5.92 Å². The monoisotopic (exact) mass is 424 g/mol. The third kappa shape index (κ3) is 5.72. The number of rotatable bonds is 8. The van der Waals surface area contributed by atoms with Gasteiger partial charge in [-0.3, -0.25) is 9.59 Å². The van der Waals surface area contributed by atoms with E-state index in [1.807, 2.05) is 31.2 Å². The average molecular weight is 424 g/mol. The molecule has 0 aliphatic heterocycles. The second-order valence-electron chi connectivity index (χ2n) is 7.41. The lowest BCUT2D eigenvalue weighted by molar-refractivity contribution is -0.116. The molecule has 2 amide bonds. The van der Waals surface area contributed by atoms with Gasteiger partial charge in [-0.05, 0) is 55.2 Å². The summed E-state index contributed by atoms with van der Waals surface area (Å²) in [7, 11) is 1.62. The van der Waals surface area contributed by atoms with Gasteiger partial charge in [-0.15, -0.1) is 0 Å². The van der Waals surface area contributed by atoms with Gasteiger partial charge in [0.05, 0.1) is 24.6 Å².